The second kappa shape index (κ2) is 6.30. The molecule has 0 aliphatic rings. The number of Topliss-reactive ketones (excluding diaryl/α,β-unsaturated/α-hetero) is 1. The number of thiophene rings is 1. The van der Waals surface area contributed by atoms with Gasteiger partial charge in [-0.1, -0.05) is 36.4 Å². The number of esters is 1. The van der Waals surface area contributed by atoms with Gasteiger partial charge in [0, 0.05) is 15.6 Å². The highest BCUT2D eigenvalue weighted by Crippen LogP contribution is 2.32. The van der Waals surface area contributed by atoms with Crippen molar-refractivity contribution in [2.45, 2.75) is 6.92 Å². The van der Waals surface area contributed by atoms with Gasteiger partial charge in [-0.15, -0.1) is 11.3 Å². The number of carbonyl (C=O) groups is 2. The molecule has 3 aromatic rings. The van der Waals surface area contributed by atoms with Gasteiger partial charge in [0.1, 0.15) is 10.7 Å². The van der Waals surface area contributed by atoms with Gasteiger partial charge in [0.25, 0.3) is 0 Å². The van der Waals surface area contributed by atoms with Crippen LogP contribution in [0.15, 0.2) is 48.5 Å². The molecule has 0 atom stereocenters. The van der Waals surface area contributed by atoms with Crippen LogP contribution in [-0.2, 0) is 4.74 Å². The maximum atomic E-state index is 13.9. The number of ketones is 1. The van der Waals surface area contributed by atoms with Gasteiger partial charge in [0.15, 0.2) is 12.4 Å². The van der Waals surface area contributed by atoms with Crippen molar-refractivity contribution in [1.82, 2.24) is 0 Å². The molecule has 0 N–H and O–H groups in total. The molecule has 2 aromatic carbocycles. The summed E-state index contributed by atoms with van der Waals surface area (Å²) in [6.07, 6.45) is 0. The van der Waals surface area contributed by atoms with E-state index >= 15 is 0 Å². The molecule has 0 aliphatic heterocycles. The van der Waals surface area contributed by atoms with E-state index in [9.17, 15) is 14.0 Å². The molecule has 0 radical (unpaired) electrons. The fraction of sp³-hybridized carbons (Fsp3) is 0.111. The summed E-state index contributed by atoms with van der Waals surface area (Å²) in [7, 11) is 0. The lowest BCUT2D eigenvalue weighted by Gasteiger charge is -2.03. The molecule has 1 heterocycles. The van der Waals surface area contributed by atoms with E-state index in [1.165, 1.54) is 17.4 Å². The topological polar surface area (TPSA) is 43.4 Å². The fourth-order valence-corrected chi connectivity index (χ4v) is 3.47. The zero-order valence-electron chi connectivity index (χ0n) is 12.3. The van der Waals surface area contributed by atoms with Crippen molar-refractivity contribution in [1.29, 1.82) is 0 Å². The smallest absolute Gasteiger partial charge is 0.349 e. The Morgan fingerprint density at radius 1 is 1.09 bits per heavy atom. The molecule has 116 valence electrons. The number of hydrogen-bond acceptors (Lipinski definition) is 4. The molecule has 0 unspecified atom stereocenters. The lowest BCUT2D eigenvalue weighted by Crippen LogP contribution is -2.14. The highest BCUT2D eigenvalue weighted by atomic mass is 32.1. The summed E-state index contributed by atoms with van der Waals surface area (Å²) in [5, 5.41) is 0.429. The van der Waals surface area contributed by atoms with Crippen LogP contribution in [-0.4, -0.2) is 18.4 Å². The number of carbonyl (C=O) groups excluding carboxylic acids is 2. The van der Waals surface area contributed by atoms with E-state index < -0.39 is 5.97 Å². The quantitative estimate of drug-likeness (QED) is 0.527. The van der Waals surface area contributed by atoms with E-state index in [0.29, 0.717) is 26.1 Å². The number of hydrogen-bond donors (Lipinski definition) is 0. The van der Waals surface area contributed by atoms with Crippen LogP contribution in [0.3, 0.4) is 0 Å². The third-order valence-electron chi connectivity index (χ3n) is 3.52. The normalized spacial score (nSPS) is 10.7. The molecular formula is C18H13FO3S. The van der Waals surface area contributed by atoms with Crippen LogP contribution >= 0.6 is 11.3 Å². The molecule has 0 spiro atoms. The summed E-state index contributed by atoms with van der Waals surface area (Å²) in [6.45, 7) is 1.34. The van der Waals surface area contributed by atoms with E-state index in [1.807, 2.05) is 0 Å². The standard InChI is InChI=1S/C18H13FO3S/c1-11-16-13(19)8-5-9-15(16)23-17(11)18(21)22-10-14(20)12-6-3-2-4-7-12/h2-9H,10H2,1H3. The molecule has 0 fully saturated rings. The Bertz CT molecular complexity index is 884. The zero-order valence-corrected chi connectivity index (χ0v) is 13.2. The van der Waals surface area contributed by atoms with Crippen LogP contribution in [0, 0.1) is 12.7 Å². The van der Waals surface area contributed by atoms with Crippen molar-refractivity contribution >= 4 is 33.2 Å². The predicted molar refractivity (Wildman–Crippen MR) is 87.6 cm³/mol. The Morgan fingerprint density at radius 2 is 1.83 bits per heavy atom. The second-order valence-corrected chi connectivity index (χ2v) is 6.09. The van der Waals surface area contributed by atoms with Gasteiger partial charge in [0.05, 0.1) is 0 Å². The lowest BCUT2D eigenvalue weighted by molar-refractivity contribution is 0.0479. The average Bonchev–Trinajstić information content (AvgIpc) is 2.91. The summed E-state index contributed by atoms with van der Waals surface area (Å²) < 4.78 is 19.6. The first-order valence-electron chi connectivity index (χ1n) is 7.01. The summed E-state index contributed by atoms with van der Waals surface area (Å²) >= 11 is 1.17. The van der Waals surface area contributed by atoms with Crippen molar-refractivity contribution in [3.63, 3.8) is 0 Å². The van der Waals surface area contributed by atoms with Crippen molar-refractivity contribution in [2.24, 2.45) is 0 Å². The van der Waals surface area contributed by atoms with E-state index in [2.05, 4.69) is 0 Å². The fourth-order valence-electron chi connectivity index (χ4n) is 2.35. The third-order valence-corrected chi connectivity index (χ3v) is 4.76. The maximum Gasteiger partial charge on any atom is 0.349 e. The average molecular weight is 328 g/mol. The predicted octanol–water partition coefficient (Wildman–Crippen LogP) is 4.39. The Morgan fingerprint density at radius 3 is 2.52 bits per heavy atom. The third kappa shape index (κ3) is 3.00. The molecular weight excluding hydrogens is 315 g/mol. The van der Waals surface area contributed by atoms with E-state index in [1.54, 1.807) is 49.4 Å². The summed E-state index contributed by atoms with van der Waals surface area (Å²) in [5.74, 6) is -1.24. The largest absolute Gasteiger partial charge is 0.453 e. The minimum absolute atomic E-state index is 0.274. The van der Waals surface area contributed by atoms with Crippen LogP contribution in [0.1, 0.15) is 25.6 Å². The maximum absolute atomic E-state index is 13.9. The summed E-state index contributed by atoms with van der Waals surface area (Å²) in [4.78, 5) is 24.5. The van der Waals surface area contributed by atoms with Crippen molar-refractivity contribution in [2.75, 3.05) is 6.61 Å². The van der Waals surface area contributed by atoms with Crippen molar-refractivity contribution < 1.29 is 18.7 Å². The monoisotopic (exact) mass is 328 g/mol. The molecule has 1 aromatic heterocycles. The molecule has 3 rings (SSSR count). The first-order chi connectivity index (χ1) is 11.1. The zero-order chi connectivity index (χ0) is 16.4. The van der Waals surface area contributed by atoms with E-state index in [4.69, 9.17) is 4.74 Å². The van der Waals surface area contributed by atoms with Gasteiger partial charge in [-0.05, 0) is 24.6 Å². The van der Waals surface area contributed by atoms with Gasteiger partial charge in [0.2, 0.25) is 0 Å². The number of benzene rings is 2. The van der Waals surface area contributed by atoms with Gasteiger partial charge < -0.3 is 4.74 Å². The van der Waals surface area contributed by atoms with Gasteiger partial charge in [-0.25, -0.2) is 9.18 Å². The summed E-state index contributed by atoms with van der Waals surface area (Å²) in [6, 6.07) is 13.3. The minimum atomic E-state index is -0.604. The Kier molecular flexibility index (Phi) is 4.21. The summed E-state index contributed by atoms with van der Waals surface area (Å²) in [5.41, 5.74) is 1.03. The first kappa shape index (κ1) is 15.4. The first-order valence-corrected chi connectivity index (χ1v) is 7.82. The molecule has 0 aliphatic carbocycles. The van der Waals surface area contributed by atoms with Gasteiger partial charge in [-0.3, -0.25) is 4.79 Å². The SMILES string of the molecule is Cc1c(C(=O)OCC(=O)c2ccccc2)sc2cccc(F)c12. The molecule has 5 heteroatoms. The van der Waals surface area contributed by atoms with Crippen LogP contribution in [0.25, 0.3) is 10.1 Å². The van der Waals surface area contributed by atoms with Crippen LogP contribution in [0.2, 0.25) is 0 Å². The number of fused-ring (bicyclic) bond motifs is 1. The molecule has 0 bridgehead atoms. The number of rotatable bonds is 4. The number of halogens is 1. The van der Waals surface area contributed by atoms with E-state index in [-0.39, 0.29) is 18.2 Å². The highest BCUT2D eigenvalue weighted by molar-refractivity contribution is 7.21. The molecule has 0 saturated carbocycles. The molecule has 23 heavy (non-hydrogen) atoms. The Balaban J connectivity index is 1.78. The second-order valence-electron chi connectivity index (χ2n) is 5.03. The van der Waals surface area contributed by atoms with Crippen molar-refractivity contribution in [3.8, 4) is 0 Å². The number of aryl methyl sites for hydroxylation is 1. The van der Waals surface area contributed by atoms with Gasteiger partial charge in [-0.2, -0.15) is 0 Å². The molecule has 3 nitrogen and oxygen atoms in total. The van der Waals surface area contributed by atoms with Gasteiger partial charge >= 0.3 is 5.97 Å². The Hall–Kier alpha value is -2.53. The molecule has 0 amide bonds. The highest BCUT2D eigenvalue weighted by Gasteiger charge is 2.20. The Labute approximate surface area is 136 Å². The van der Waals surface area contributed by atoms with Crippen molar-refractivity contribution in [3.05, 3.63) is 70.4 Å². The van der Waals surface area contributed by atoms with E-state index in [0.717, 1.165) is 0 Å². The van der Waals surface area contributed by atoms with Crippen LogP contribution < -0.4 is 0 Å². The molecule has 0 saturated heterocycles. The lowest BCUT2D eigenvalue weighted by atomic mass is 10.1. The number of ether oxygens (including phenoxy) is 1. The van der Waals surface area contributed by atoms with Crippen LogP contribution in [0.4, 0.5) is 4.39 Å². The van der Waals surface area contributed by atoms with Crippen LogP contribution in [0.5, 0.6) is 0 Å². The minimum Gasteiger partial charge on any atom is -0.453 e.